The summed E-state index contributed by atoms with van der Waals surface area (Å²) < 4.78 is 15.1. The van der Waals surface area contributed by atoms with E-state index >= 15 is 0 Å². The van der Waals surface area contributed by atoms with Gasteiger partial charge in [-0.3, -0.25) is 4.52 Å². The van der Waals surface area contributed by atoms with Crippen LogP contribution >= 0.6 is 7.82 Å². The molecule has 0 aromatic carbocycles. The van der Waals surface area contributed by atoms with E-state index in [1.165, 1.54) is 25.7 Å². The van der Waals surface area contributed by atoms with Gasteiger partial charge in [-0.15, -0.1) is 0 Å². The van der Waals surface area contributed by atoms with Gasteiger partial charge in [0.25, 0.3) is 0 Å². The molecular formula is C12H27O4P. The van der Waals surface area contributed by atoms with Crippen LogP contribution in [0.5, 0.6) is 0 Å². The largest absolute Gasteiger partial charge is 0.469 e. The van der Waals surface area contributed by atoms with Crippen molar-refractivity contribution in [3.8, 4) is 0 Å². The third kappa shape index (κ3) is 11.0. The maximum Gasteiger partial charge on any atom is 0.469 e. The zero-order valence-electron chi connectivity index (χ0n) is 11.3. The first-order valence-electron chi connectivity index (χ1n) is 6.63. The first-order valence-corrected chi connectivity index (χ1v) is 8.16. The average Bonchev–Trinajstić information content (AvgIpc) is 2.21. The predicted molar refractivity (Wildman–Crippen MR) is 69.7 cm³/mol. The Balaban J connectivity index is 3.48. The second-order valence-corrected chi connectivity index (χ2v) is 5.92. The van der Waals surface area contributed by atoms with E-state index in [1.54, 1.807) is 6.92 Å². The minimum Gasteiger partial charge on any atom is -0.303 e. The molecule has 0 aliphatic rings. The van der Waals surface area contributed by atoms with E-state index in [0.29, 0.717) is 6.42 Å². The van der Waals surface area contributed by atoms with Crippen molar-refractivity contribution in [2.24, 2.45) is 5.92 Å². The summed E-state index contributed by atoms with van der Waals surface area (Å²) in [7, 11) is -4.30. The first kappa shape index (κ1) is 17.1. The number of hydrogen-bond donors (Lipinski definition) is 2. The van der Waals surface area contributed by atoms with E-state index in [-0.39, 0.29) is 6.10 Å². The van der Waals surface area contributed by atoms with Gasteiger partial charge in [-0.25, -0.2) is 4.57 Å². The summed E-state index contributed by atoms with van der Waals surface area (Å²) in [6.45, 7) is 6.16. The van der Waals surface area contributed by atoms with Gasteiger partial charge >= 0.3 is 7.82 Å². The minimum atomic E-state index is -4.30. The zero-order chi connectivity index (χ0) is 13.3. The van der Waals surface area contributed by atoms with Crippen molar-refractivity contribution in [2.75, 3.05) is 0 Å². The Kier molecular flexibility index (Phi) is 9.15. The quantitative estimate of drug-likeness (QED) is 0.465. The van der Waals surface area contributed by atoms with Crippen LogP contribution in [-0.2, 0) is 9.09 Å². The third-order valence-corrected chi connectivity index (χ3v) is 3.83. The molecule has 0 aliphatic heterocycles. The molecule has 0 radical (unpaired) electrons. The Bertz CT molecular complexity index is 223. The highest BCUT2D eigenvalue weighted by Gasteiger charge is 2.18. The maximum atomic E-state index is 10.6. The monoisotopic (exact) mass is 266 g/mol. The van der Waals surface area contributed by atoms with Crippen molar-refractivity contribution in [2.45, 2.75) is 71.8 Å². The predicted octanol–water partition coefficient (Wildman–Crippen LogP) is 3.87. The molecule has 0 rings (SSSR count). The van der Waals surface area contributed by atoms with Crippen LogP contribution in [0.4, 0.5) is 0 Å². The molecule has 104 valence electrons. The van der Waals surface area contributed by atoms with Gasteiger partial charge in [0.1, 0.15) is 0 Å². The van der Waals surface area contributed by atoms with Gasteiger partial charge in [-0.05, 0) is 19.3 Å². The molecule has 0 saturated carbocycles. The Labute approximate surface area is 105 Å². The highest BCUT2D eigenvalue weighted by Crippen LogP contribution is 2.38. The fraction of sp³-hybridized carbons (Fsp3) is 1.00. The fourth-order valence-corrected chi connectivity index (χ4v) is 2.60. The second-order valence-electron chi connectivity index (χ2n) is 4.73. The van der Waals surface area contributed by atoms with Gasteiger partial charge < -0.3 is 9.79 Å². The number of hydrogen-bond acceptors (Lipinski definition) is 2. The molecule has 0 heterocycles. The van der Waals surface area contributed by atoms with Crippen molar-refractivity contribution < 1.29 is 18.9 Å². The summed E-state index contributed by atoms with van der Waals surface area (Å²) in [6.07, 6.45) is 7.41. The molecule has 2 N–H and O–H groups in total. The first-order chi connectivity index (χ1) is 7.89. The summed E-state index contributed by atoms with van der Waals surface area (Å²) in [5, 5.41) is 0. The molecule has 0 aliphatic carbocycles. The SMILES string of the molecule is CCC(CC)CCCCCC(C)OP(=O)(O)O. The standard InChI is InChI=1S/C12H27O4P/c1-4-12(5-2)10-8-6-7-9-11(3)16-17(13,14)15/h11-12H,4-10H2,1-3H3,(H2,13,14,15). The lowest BCUT2D eigenvalue weighted by atomic mass is 9.96. The van der Waals surface area contributed by atoms with Gasteiger partial charge in [0.05, 0.1) is 6.10 Å². The van der Waals surface area contributed by atoms with E-state index in [1.807, 2.05) is 0 Å². The molecule has 0 spiro atoms. The average molecular weight is 266 g/mol. The molecule has 0 bridgehead atoms. The molecule has 5 heteroatoms. The summed E-state index contributed by atoms with van der Waals surface area (Å²) in [5.74, 6) is 0.832. The summed E-state index contributed by atoms with van der Waals surface area (Å²) >= 11 is 0. The molecule has 0 fully saturated rings. The molecule has 0 saturated heterocycles. The van der Waals surface area contributed by atoms with E-state index < -0.39 is 7.82 Å². The Morgan fingerprint density at radius 3 is 2.06 bits per heavy atom. The van der Waals surface area contributed by atoms with Crippen molar-refractivity contribution >= 4 is 7.82 Å². The van der Waals surface area contributed by atoms with E-state index in [2.05, 4.69) is 18.4 Å². The van der Waals surface area contributed by atoms with Crippen LogP contribution in [0.1, 0.15) is 65.7 Å². The van der Waals surface area contributed by atoms with Crippen LogP contribution in [0.15, 0.2) is 0 Å². The van der Waals surface area contributed by atoms with E-state index in [4.69, 9.17) is 9.79 Å². The van der Waals surface area contributed by atoms with Crippen LogP contribution in [0.2, 0.25) is 0 Å². The molecule has 4 nitrogen and oxygen atoms in total. The molecule has 1 atom stereocenters. The van der Waals surface area contributed by atoms with Crippen molar-refractivity contribution in [3.63, 3.8) is 0 Å². The molecule has 0 aromatic rings. The van der Waals surface area contributed by atoms with E-state index in [9.17, 15) is 4.57 Å². The second kappa shape index (κ2) is 9.09. The van der Waals surface area contributed by atoms with Crippen LogP contribution in [-0.4, -0.2) is 15.9 Å². The lowest BCUT2D eigenvalue weighted by Crippen LogP contribution is -2.06. The smallest absolute Gasteiger partial charge is 0.303 e. The van der Waals surface area contributed by atoms with Crippen LogP contribution in [0.3, 0.4) is 0 Å². The van der Waals surface area contributed by atoms with Gasteiger partial charge in [0, 0.05) is 0 Å². The highest BCUT2D eigenvalue weighted by molar-refractivity contribution is 7.46. The van der Waals surface area contributed by atoms with Crippen LogP contribution < -0.4 is 0 Å². The van der Waals surface area contributed by atoms with Gasteiger partial charge in [0.2, 0.25) is 0 Å². The van der Waals surface area contributed by atoms with Gasteiger partial charge in [-0.2, -0.15) is 0 Å². The Morgan fingerprint density at radius 1 is 1.06 bits per heavy atom. The van der Waals surface area contributed by atoms with Gasteiger partial charge in [-0.1, -0.05) is 52.4 Å². The Morgan fingerprint density at radius 2 is 1.59 bits per heavy atom. The van der Waals surface area contributed by atoms with E-state index in [0.717, 1.165) is 18.8 Å². The number of unbranched alkanes of at least 4 members (excludes halogenated alkanes) is 2. The van der Waals surface area contributed by atoms with Crippen LogP contribution in [0, 0.1) is 5.92 Å². The molecule has 17 heavy (non-hydrogen) atoms. The Hall–Kier alpha value is 0.110. The number of rotatable bonds is 10. The molecule has 1 unspecified atom stereocenters. The summed E-state index contributed by atoms with van der Waals surface area (Å²) in [4.78, 5) is 17.2. The molecular weight excluding hydrogens is 239 g/mol. The zero-order valence-corrected chi connectivity index (χ0v) is 12.2. The maximum absolute atomic E-state index is 10.6. The molecule has 0 amide bonds. The van der Waals surface area contributed by atoms with Crippen LogP contribution in [0.25, 0.3) is 0 Å². The summed E-state index contributed by atoms with van der Waals surface area (Å²) in [5.41, 5.74) is 0. The third-order valence-electron chi connectivity index (χ3n) is 3.19. The highest BCUT2D eigenvalue weighted by atomic mass is 31.2. The lowest BCUT2D eigenvalue weighted by Gasteiger charge is -2.14. The number of phosphoric acid groups is 1. The lowest BCUT2D eigenvalue weighted by molar-refractivity contribution is 0.136. The van der Waals surface area contributed by atoms with Crippen molar-refractivity contribution in [1.82, 2.24) is 0 Å². The number of phosphoric ester groups is 1. The topological polar surface area (TPSA) is 66.8 Å². The van der Waals surface area contributed by atoms with Gasteiger partial charge in [0.15, 0.2) is 0 Å². The van der Waals surface area contributed by atoms with Crippen molar-refractivity contribution in [3.05, 3.63) is 0 Å². The normalized spacial score (nSPS) is 14.2. The van der Waals surface area contributed by atoms with Crippen molar-refractivity contribution in [1.29, 1.82) is 0 Å². The summed E-state index contributed by atoms with van der Waals surface area (Å²) in [6, 6.07) is 0. The minimum absolute atomic E-state index is 0.357. The fourth-order valence-electron chi connectivity index (χ4n) is 2.03. The molecule has 0 aromatic heterocycles.